The smallest absolute Gasteiger partial charge is 0.360 e. The van der Waals surface area contributed by atoms with Crippen molar-refractivity contribution in [1.82, 2.24) is 0 Å². The molecule has 1 heterocycles. The van der Waals surface area contributed by atoms with E-state index < -0.39 is 17.5 Å². The van der Waals surface area contributed by atoms with Crippen LogP contribution in [-0.4, -0.2) is 30.0 Å². The molecule has 0 fully saturated rings. The molecule has 0 unspecified atom stereocenters. The Morgan fingerprint density at radius 1 is 1.21 bits per heavy atom. The van der Waals surface area contributed by atoms with E-state index in [1.807, 2.05) is 30.3 Å². The van der Waals surface area contributed by atoms with Crippen LogP contribution >= 0.6 is 0 Å². The molecule has 2 N–H and O–H groups in total. The molecule has 2 aromatic rings. The lowest BCUT2D eigenvalue weighted by Gasteiger charge is -2.32. The summed E-state index contributed by atoms with van der Waals surface area (Å²) in [5.74, 6) is -1.45. The molecule has 1 aliphatic heterocycles. The molecule has 0 spiro atoms. The third kappa shape index (κ3) is 4.03. The Bertz CT molecular complexity index is 939. The monoisotopic (exact) mass is 380 g/mol. The van der Waals surface area contributed by atoms with Gasteiger partial charge in [0.1, 0.15) is 5.75 Å². The van der Waals surface area contributed by atoms with Crippen molar-refractivity contribution in [3.8, 4) is 5.75 Å². The molecule has 1 aliphatic rings. The number of rotatable bonds is 5. The number of fused-ring (bicyclic) bond motifs is 1. The second-order valence-electron chi connectivity index (χ2n) is 6.25. The zero-order chi connectivity index (χ0) is 20.1. The molecule has 2 aromatic carbocycles. The summed E-state index contributed by atoms with van der Waals surface area (Å²) < 4.78 is 10.6. The van der Waals surface area contributed by atoms with Gasteiger partial charge in [-0.05, 0) is 37.6 Å². The molecule has 0 radical (unpaired) electrons. The molecule has 7 heteroatoms. The number of amides is 2. The van der Waals surface area contributed by atoms with E-state index in [0.717, 1.165) is 5.56 Å². The first-order valence-electron chi connectivity index (χ1n) is 8.78. The summed E-state index contributed by atoms with van der Waals surface area (Å²) in [6, 6.07) is 14.2. The first-order valence-corrected chi connectivity index (χ1v) is 8.78. The van der Waals surface area contributed by atoms with E-state index in [2.05, 4.69) is 10.6 Å². The zero-order valence-corrected chi connectivity index (χ0v) is 15.5. The van der Waals surface area contributed by atoms with Gasteiger partial charge < -0.3 is 20.1 Å². The SMILES string of the molecule is CCOC(=O)[C@]1(C)Oc2cc(NC(=O)/C=C/c3ccccc3)ccc2NC1=O. The average Bonchev–Trinajstić information content (AvgIpc) is 2.68. The lowest BCUT2D eigenvalue weighted by Crippen LogP contribution is -2.55. The molecule has 3 rings (SSSR count). The van der Waals surface area contributed by atoms with Crippen LogP contribution in [0.2, 0.25) is 0 Å². The van der Waals surface area contributed by atoms with Crippen molar-refractivity contribution in [2.45, 2.75) is 19.4 Å². The van der Waals surface area contributed by atoms with E-state index >= 15 is 0 Å². The third-order valence-electron chi connectivity index (χ3n) is 4.14. The normalized spacial score (nSPS) is 18.0. The fraction of sp³-hybridized carbons (Fsp3) is 0.190. The molecular formula is C21H20N2O5. The Balaban J connectivity index is 1.75. The topological polar surface area (TPSA) is 93.7 Å². The quantitative estimate of drug-likeness (QED) is 0.472. The van der Waals surface area contributed by atoms with Gasteiger partial charge in [0.25, 0.3) is 11.5 Å². The van der Waals surface area contributed by atoms with Crippen LogP contribution < -0.4 is 15.4 Å². The van der Waals surface area contributed by atoms with E-state index in [9.17, 15) is 14.4 Å². The zero-order valence-electron chi connectivity index (χ0n) is 15.5. The molecule has 2 amide bonds. The van der Waals surface area contributed by atoms with Gasteiger partial charge in [0.15, 0.2) is 0 Å². The molecule has 0 saturated carbocycles. The lowest BCUT2D eigenvalue weighted by molar-refractivity contribution is -0.165. The predicted octanol–water partition coefficient (Wildman–Crippen LogP) is 2.99. The highest BCUT2D eigenvalue weighted by atomic mass is 16.6. The van der Waals surface area contributed by atoms with Crippen molar-refractivity contribution >= 4 is 35.2 Å². The summed E-state index contributed by atoms with van der Waals surface area (Å²) in [5.41, 5.74) is -0.0217. The summed E-state index contributed by atoms with van der Waals surface area (Å²) in [7, 11) is 0. The largest absolute Gasteiger partial charge is 0.464 e. The van der Waals surface area contributed by atoms with Gasteiger partial charge >= 0.3 is 5.97 Å². The van der Waals surface area contributed by atoms with E-state index in [-0.39, 0.29) is 18.3 Å². The number of carbonyl (C=O) groups excluding carboxylic acids is 3. The van der Waals surface area contributed by atoms with Gasteiger partial charge in [-0.3, -0.25) is 9.59 Å². The number of nitrogens with one attached hydrogen (secondary N) is 2. The molecule has 144 valence electrons. The Morgan fingerprint density at radius 2 is 1.96 bits per heavy atom. The molecule has 0 aliphatic carbocycles. The number of hydrogen-bond donors (Lipinski definition) is 2. The van der Waals surface area contributed by atoms with Gasteiger partial charge in [-0.2, -0.15) is 0 Å². The predicted molar refractivity (Wildman–Crippen MR) is 105 cm³/mol. The van der Waals surface area contributed by atoms with Gasteiger partial charge in [0, 0.05) is 17.8 Å². The number of hydrogen-bond acceptors (Lipinski definition) is 5. The van der Waals surface area contributed by atoms with E-state index in [1.165, 1.54) is 13.0 Å². The summed E-state index contributed by atoms with van der Waals surface area (Å²) in [6.45, 7) is 3.12. The van der Waals surface area contributed by atoms with Crippen LogP contribution in [0, 0.1) is 0 Å². The third-order valence-corrected chi connectivity index (χ3v) is 4.14. The van der Waals surface area contributed by atoms with E-state index in [4.69, 9.17) is 9.47 Å². The number of ether oxygens (including phenoxy) is 2. The maximum Gasteiger partial charge on any atom is 0.360 e. The van der Waals surface area contributed by atoms with Crippen molar-refractivity contribution in [1.29, 1.82) is 0 Å². The first kappa shape index (κ1) is 19.2. The Hall–Kier alpha value is -3.61. The molecule has 28 heavy (non-hydrogen) atoms. The Labute approximate surface area is 162 Å². The van der Waals surface area contributed by atoms with E-state index in [0.29, 0.717) is 11.4 Å². The standard InChI is InChI=1S/C21H20N2O5/c1-3-27-20(26)21(2)19(25)23-16-11-10-15(13-17(16)28-21)22-18(24)12-9-14-7-5-4-6-8-14/h4-13H,3H2,1-2H3,(H,22,24)(H,23,25)/b12-9+/t21-/m1/s1. The van der Waals surface area contributed by atoms with Crippen molar-refractivity contribution in [2.24, 2.45) is 0 Å². The van der Waals surface area contributed by atoms with Crippen molar-refractivity contribution in [2.75, 3.05) is 17.2 Å². The Morgan fingerprint density at radius 3 is 2.68 bits per heavy atom. The number of esters is 1. The van der Waals surface area contributed by atoms with E-state index in [1.54, 1.807) is 31.2 Å². The minimum absolute atomic E-state index is 0.127. The van der Waals surface area contributed by atoms with Gasteiger partial charge in [-0.25, -0.2) is 4.79 Å². The van der Waals surface area contributed by atoms with Crippen molar-refractivity contribution in [3.05, 3.63) is 60.2 Å². The minimum Gasteiger partial charge on any atom is -0.464 e. The maximum absolute atomic E-state index is 12.3. The summed E-state index contributed by atoms with van der Waals surface area (Å²) >= 11 is 0. The highest BCUT2D eigenvalue weighted by Gasteiger charge is 2.48. The Kier molecular flexibility index (Phi) is 5.44. The fourth-order valence-electron chi connectivity index (χ4n) is 2.62. The van der Waals surface area contributed by atoms with Crippen LogP contribution in [0.1, 0.15) is 19.4 Å². The van der Waals surface area contributed by atoms with Gasteiger partial charge in [0.2, 0.25) is 5.91 Å². The molecule has 7 nitrogen and oxygen atoms in total. The van der Waals surface area contributed by atoms with Crippen LogP contribution in [0.15, 0.2) is 54.6 Å². The summed E-state index contributed by atoms with van der Waals surface area (Å²) in [4.78, 5) is 36.5. The lowest BCUT2D eigenvalue weighted by atomic mass is 10.0. The number of carbonyl (C=O) groups is 3. The number of anilines is 2. The van der Waals surface area contributed by atoms with Crippen LogP contribution in [0.4, 0.5) is 11.4 Å². The molecule has 0 aromatic heterocycles. The molecule has 0 bridgehead atoms. The van der Waals surface area contributed by atoms with Crippen LogP contribution in [0.5, 0.6) is 5.75 Å². The van der Waals surface area contributed by atoms with Gasteiger partial charge in [-0.1, -0.05) is 30.3 Å². The second kappa shape index (κ2) is 7.96. The van der Waals surface area contributed by atoms with Crippen molar-refractivity contribution < 1.29 is 23.9 Å². The van der Waals surface area contributed by atoms with Gasteiger partial charge in [0.05, 0.1) is 12.3 Å². The minimum atomic E-state index is -1.79. The average molecular weight is 380 g/mol. The second-order valence-corrected chi connectivity index (χ2v) is 6.25. The fourth-order valence-corrected chi connectivity index (χ4v) is 2.62. The molecule has 1 atom stereocenters. The first-order chi connectivity index (χ1) is 13.4. The summed E-state index contributed by atoms with van der Waals surface area (Å²) in [5, 5.41) is 5.35. The van der Waals surface area contributed by atoms with Gasteiger partial charge in [-0.15, -0.1) is 0 Å². The van der Waals surface area contributed by atoms with Crippen molar-refractivity contribution in [3.63, 3.8) is 0 Å². The van der Waals surface area contributed by atoms with Crippen LogP contribution in [0.25, 0.3) is 6.08 Å². The molecular weight excluding hydrogens is 360 g/mol. The number of benzene rings is 2. The highest BCUT2D eigenvalue weighted by Crippen LogP contribution is 2.36. The molecule has 0 saturated heterocycles. The van der Waals surface area contributed by atoms with Crippen LogP contribution in [-0.2, 0) is 19.1 Å². The maximum atomic E-state index is 12.3. The van der Waals surface area contributed by atoms with Crippen LogP contribution in [0.3, 0.4) is 0 Å². The summed E-state index contributed by atoms with van der Waals surface area (Å²) in [6.07, 6.45) is 3.11. The highest BCUT2D eigenvalue weighted by molar-refractivity contribution is 6.14.